The minimum atomic E-state index is -0.734. The van der Waals surface area contributed by atoms with E-state index in [-0.39, 0.29) is 6.10 Å². The van der Waals surface area contributed by atoms with Gasteiger partial charge in [-0.2, -0.15) is 0 Å². The fourth-order valence-electron chi connectivity index (χ4n) is 3.46. The fourth-order valence-corrected chi connectivity index (χ4v) is 3.46. The number of hydrogen-bond acceptors (Lipinski definition) is 2. The van der Waals surface area contributed by atoms with E-state index in [4.69, 9.17) is 4.74 Å². The number of aryl methyl sites for hydroxylation is 2. The third-order valence-corrected chi connectivity index (χ3v) is 4.91. The fraction of sp³-hybridized carbons (Fsp3) is 0.429. The number of ether oxygens (including phenoxy) is 1. The summed E-state index contributed by atoms with van der Waals surface area (Å²) >= 11 is 0. The molecule has 1 heterocycles. The minimum Gasteiger partial charge on any atom is -0.387 e. The molecule has 2 heteroatoms. The highest BCUT2D eigenvalue weighted by Crippen LogP contribution is 2.32. The summed E-state index contributed by atoms with van der Waals surface area (Å²) in [6.45, 7) is 0.781. The lowest BCUT2D eigenvalue weighted by Gasteiger charge is -2.34. The van der Waals surface area contributed by atoms with Crippen LogP contribution in [0, 0.1) is 0 Å². The van der Waals surface area contributed by atoms with Crippen LogP contribution in [0.3, 0.4) is 0 Å². The van der Waals surface area contributed by atoms with Crippen LogP contribution in [0.25, 0.3) is 0 Å². The summed E-state index contributed by atoms with van der Waals surface area (Å²) < 4.78 is 5.84. The van der Waals surface area contributed by atoms with Crippen LogP contribution in [0.5, 0.6) is 0 Å². The van der Waals surface area contributed by atoms with E-state index in [2.05, 4.69) is 48.5 Å². The highest BCUT2D eigenvalue weighted by molar-refractivity contribution is 5.17. The third-order valence-electron chi connectivity index (χ3n) is 4.91. The molecule has 1 atom stereocenters. The molecular weight excluding hydrogens is 284 g/mol. The maximum absolute atomic E-state index is 11.3. The summed E-state index contributed by atoms with van der Waals surface area (Å²) in [7, 11) is 0. The monoisotopic (exact) mass is 310 g/mol. The van der Waals surface area contributed by atoms with Gasteiger partial charge in [-0.3, -0.25) is 0 Å². The molecule has 3 rings (SSSR count). The first-order valence-corrected chi connectivity index (χ1v) is 8.68. The molecule has 122 valence electrons. The van der Waals surface area contributed by atoms with Crippen molar-refractivity contribution in [3.05, 3.63) is 71.8 Å². The van der Waals surface area contributed by atoms with E-state index in [1.807, 2.05) is 12.1 Å². The van der Waals surface area contributed by atoms with Crippen molar-refractivity contribution in [3.63, 3.8) is 0 Å². The maximum Gasteiger partial charge on any atom is 0.0914 e. The molecule has 0 aromatic heterocycles. The van der Waals surface area contributed by atoms with E-state index in [9.17, 15) is 5.11 Å². The first-order chi connectivity index (χ1) is 11.3. The van der Waals surface area contributed by atoms with Gasteiger partial charge in [0.2, 0.25) is 0 Å². The molecule has 0 saturated carbocycles. The van der Waals surface area contributed by atoms with Crippen molar-refractivity contribution in [1.82, 2.24) is 0 Å². The van der Waals surface area contributed by atoms with Crippen molar-refractivity contribution in [2.75, 3.05) is 6.61 Å². The molecule has 2 nitrogen and oxygen atoms in total. The molecule has 0 bridgehead atoms. The van der Waals surface area contributed by atoms with Gasteiger partial charge in [0.05, 0.1) is 11.7 Å². The summed E-state index contributed by atoms with van der Waals surface area (Å²) in [5.74, 6) is 0. The second-order valence-corrected chi connectivity index (χ2v) is 6.58. The Bertz CT molecular complexity index is 530. The van der Waals surface area contributed by atoms with Crippen molar-refractivity contribution in [3.8, 4) is 0 Å². The van der Waals surface area contributed by atoms with E-state index in [1.54, 1.807) is 0 Å². The van der Waals surface area contributed by atoms with Gasteiger partial charge in [-0.05, 0) is 49.7 Å². The zero-order valence-electron chi connectivity index (χ0n) is 13.7. The smallest absolute Gasteiger partial charge is 0.0914 e. The SMILES string of the molecule is OC(CCc1ccccc1)(CCc1ccccc1)C1CCCO1. The Hall–Kier alpha value is -1.64. The zero-order valence-corrected chi connectivity index (χ0v) is 13.7. The number of hydrogen-bond donors (Lipinski definition) is 1. The number of benzene rings is 2. The number of rotatable bonds is 7. The summed E-state index contributed by atoms with van der Waals surface area (Å²) in [5.41, 5.74) is 1.83. The minimum absolute atomic E-state index is 0.0186. The Balaban J connectivity index is 1.66. The second-order valence-electron chi connectivity index (χ2n) is 6.58. The van der Waals surface area contributed by atoms with Gasteiger partial charge < -0.3 is 9.84 Å². The molecule has 1 aliphatic heterocycles. The molecule has 1 fully saturated rings. The molecular formula is C21H26O2. The Morgan fingerprint density at radius 3 is 1.83 bits per heavy atom. The molecule has 1 aliphatic rings. The predicted molar refractivity (Wildman–Crippen MR) is 93.4 cm³/mol. The van der Waals surface area contributed by atoms with Gasteiger partial charge >= 0.3 is 0 Å². The zero-order chi connectivity index (χ0) is 16.0. The Kier molecular flexibility index (Phi) is 5.47. The van der Waals surface area contributed by atoms with Crippen LogP contribution < -0.4 is 0 Å². The quantitative estimate of drug-likeness (QED) is 0.832. The summed E-state index contributed by atoms with van der Waals surface area (Å²) in [6, 6.07) is 20.8. The van der Waals surface area contributed by atoms with Crippen LogP contribution in [0.4, 0.5) is 0 Å². The molecule has 0 aliphatic carbocycles. The molecule has 1 N–H and O–H groups in total. The largest absolute Gasteiger partial charge is 0.387 e. The van der Waals surface area contributed by atoms with Crippen LogP contribution in [0.15, 0.2) is 60.7 Å². The van der Waals surface area contributed by atoms with Crippen LogP contribution in [-0.4, -0.2) is 23.4 Å². The molecule has 0 radical (unpaired) electrons. The first-order valence-electron chi connectivity index (χ1n) is 8.68. The number of aliphatic hydroxyl groups is 1. The van der Waals surface area contributed by atoms with E-state index >= 15 is 0 Å². The van der Waals surface area contributed by atoms with Crippen LogP contribution >= 0.6 is 0 Å². The third kappa shape index (κ3) is 4.43. The first kappa shape index (κ1) is 16.2. The highest BCUT2D eigenvalue weighted by atomic mass is 16.5. The lowest BCUT2D eigenvalue weighted by molar-refractivity contribution is -0.0940. The van der Waals surface area contributed by atoms with E-state index < -0.39 is 5.60 Å². The maximum atomic E-state index is 11.3. The van der Waals surface area contributed by atoms with Crippen molar-refractivity contribution in [1.29, 1.82) is 0 Å². The lowest BCUT2D eigenvalue weighted by atomic mass is 9.83. The lowest BCUT2D eigenvalue weighted by Crippen LogP contribution is -2.43. The van der Waals surface area contributed by atoms with Crippen molar-refractivity contribution in [2.45, 2.75) is 50.2 Å². The molecule has 23 heavy (non-hydrogen) atoms. The van der Waals surface area contributed by atoms with Crippen molar-refractivity contribution in [2.24, 2.45) is 0 Å². The summed E-state index contributed by atoms with van der Waals surface area (Å²) in [4.78, 5) is 0. The second kappa shape index (κ2) is 7.76. The molecule has 2 aromatic rings. The highest BCUT2D eigenvalue weighted by Gasteiger charge is 2.38. The van der Waals surface area contributed by atoms with Gasteiger partial charge in [0.25, 0.3) is 0 Å². The Morgan fingerprint density at radius 1 is 0.870 bits per heavy atom. The normalized spacial score (nSPS) is 18.2. The van der Waals surface area contributed by atoms with Gasteiger partial charge in [0.15, 0.2) is 0 Å². The van der Waals surface area contributed by atoms with Gasteiger partial charge in [0, 0.05) is 6.61 Å². The molecule has 0 spiro atoms. The van der Waals surface area contributed by atoms with Gasteiger partial charge in [-0.15, -0.1) is 0 Å². The Morgan fingerprint density at radius 2 is 1.39 bits per heavy atom. The molecule has 1 saturated heterocycles. The van der Waals surface area contributed by atoms with Crippen molar-refractivity contribution >= 4 is 0 Å². The average molecular weight is 310 g/mol. The molecule has 0 amide bonds. The average Bonchev–Trinajstić information content (AvgIpc) is 3.16. The van der Waals surface area contributed by atoms with E-state index in [0.717, 1.165) is 45.1 Å². The van der Waals surface area contributed by atoms with Crippen LogP contribution in [0.2, 0.25) is 0 Å². The standard InChI is InChI=1S/C21H26O2/c22-21(20-12-7-17-23-20,15-13-18-8-3-1-4-9-18)16-14-19-10-5-2-6-11-19/h1-6,8-11,20,22H,7,12-17H2. The van der Waals surface area contributed by atoms with E-state index in [0.29, 0.717) is 0 Å². The van der Waals surface area contributed by atoms with E-state index in [1.165, 1.54) is 11.1 Å². The van der Waals surface area contributed by atoms with Gasteiger partial charge in [-0.1, -0.05) is 60.7 Å². The molecule has 1 unspecified atom stereocenters. The summed E-state index contributed by atoms with van der Waals surface area (Å²) in [5, 5.41) is 11.3. The van der Waals surface area contributed by atoms with Crippen LogP contribution in [-0.2, 0) is 17.6 Å². The molecule has 2 aromatic carbocycles. The topological polar surface area (TPSA) is 29.5 Å². The van der Waals surface area contributed by atoms with Gasteiger partial charge in [0.1, 0.15) is 0 Å². The summed E-state index contributed by atoms with van der Waals surface area (Å²) in [6.07, 6.45) is 5.32. The van der Waals surface area contributed by atoms with Crippen LogP contribution in [0.1, 0.15) is 36.8 Å². The van der Waals surface area contributed by atoms with Gasteiger partial charge in [-0.25, -0.2) is 0 Å². The predicted octanol–water partition coefficient (Wildman–Crippen LogP) is 4.16. The Labute approximate surface area is 139 Å². The van der Waals surface area contributed by atoms with Crippen molar-refractivity contribution < 1.29 is 9.84 Å².